The average Bonchev–Trinajstić information content (AvgIpc) is 2.50. The van der Waals surface area contributed by atoms with Crippen molar-refractivity contribution < 1.29 is 4.79 Å². The monoisotopic (exact) mass is 358 g/mol. The molecule has 0 unspecified atom stereocenters. The van der Waals surface area contributed by atoms with Crippen LogP contribution in [0.3, 0.4) is 0 Å². The molecule has 0 saturated carbocycles. The molecule has 0 atom stereocenters. The van der Waals surface area contributed by atoms with Crippen LogP contribution in [0.25, 0.3) is 0 Å². The first-order valence-corrected chi connectivity index (χ1v) is 8.43. The van der Waals surface area contributed by atoms with Gasteiger partial charge in [-0.25, -0.2) is 0 Å². The lowest BCUT2D eigenvalue weighted by molar-refractivity contribution is -0.116. The number of guanidine groups is 1. The van der Waals surface area contributed by atoms with Crippen molar-refractivity contribution in [1.29, 1.82) is 0 Å². The molecule has 25 heavy (non-hydrogen) atoms. The second-order valence-electron chi connectivity index (χ2n) is 5.98. The molecule has 0 aromatic heterocycles. The number of anilines is 2. The van der Waals surface area contributed by atoms with Crippen molar-refractivity contribution in [2.45, 2.75) is 27.2 Å². The molecule has 6 heteroatoms. The highest BCUT2D eigenvalue weighted by atomic mass is 35.5. The van der Waals surface area contributed by atoms with Gasteiger partial charge >= 0.3 is 0 Å². The highest BCUT2D eigenvalue weighted by molar-refractivity contribution is 6.31. The van der Waals surface area contributed by atoms with E-state index in [0.717, 1.165) is 22.4 Å². The molecule has 0 spiro atoms. The van der Waals surface area contributed by atoms with Gasteiger partial charge in [-0.2, -0.15) is 0 Å². The van der Waals surface area contributed by atoms with E-state index in [1.807, 2.05) is 39.0 Å². The Labute approximate surface area is 153 Å². The van der Waals surface area contributed by atoms with Gasteiger partial charge in [0.05, 0.1) is 6.54 Å². The molecular formula is C19H23ClN4O. The van der Waals surface area contributed by atoms with Crippen LogP contribution in [-0.4, -0.2) is 18.4 Å². The lowest BCUT2D eigenvalue weighted by Gasteiger charge is -2.09. The Hall–Kier alpha value is -2.53. The fourth-order valence-corrected chi connectivity index (χ4v) is 2.64. The molecule has 2 aromatic carbocycles. The molecule has 1 amide bonds. The van der Waals surface area contributed by atoms with Crippen LogP contribution in [0.4, 0.5) is 11.4 Å². The number of aryl methyl sites for hydroxylation is 2. The summed E-state index contributed by atoms with van der Waals surface area (Å²) < 4.78 is 0. The number of hydrogen-bond acceptors (Lipinski definition) is 2. The normalized spacial score (nSPS) is 11.3. The number of nitrogens with zero attached hydrogens (tertiary/aromatic N) is 1. The van der Waals surface area contributed by atoms with Crippen LogP contribution in [0.1, 0.15) is 23.1 Å². The van der Waals surface area contributed by atoms with Gasteiger partial charge in [0.25, 0.3) is 0 Å². The number of nitrogens with one attached hydrogen (secondary N) is 2. The van der Waals surface area contributed by atoms with Crippen molar-refractivity contribution in [3.8, 4) is 0 Å². The highest BCUT2D eigenvalue weighted by Crippen LogP contribution is 2.22. The number of carbonyl (C=O) groups excluding carboxylic acids is 1. The first-order valence-electron chi connectivity index (χ1n) is 8.05. The Morgan fingerprint density at radius 2 is 1.80 bits per heavy atom. The van der Waals surface area contributed by atoms with E-state index in [1.54, 1.807) is 12.1 Å². The predicted molar refractivity (Wildman–Crippen MR) is 105 cm³/mol. The molecule has 5 nitrogen and oxygen atoms in total. The molecule has 0 saturated heterocycles. The summed E-state index contributed by atoms with van der Waals surface area (Å²) in [7, 11) is 0. The van der Waals surface area contributed by atoms with Gasteiger partial charge < -0.3 is 16.4 Å². The van der Waals surface area contributed by atoms with Crippen molar-refractivity contribution in [1.82, 2.24) is 0 Å². The van der Waals surface area contributed by atoms with E-state index in [1.165, 1.54) is 0 Å². The number of aliphatic imine (C=N–C) groups is 1. The van der Waals surface area contributed by atoms with Crippen molar-refractivity contribution >= 4 is 34.8 Å². The van der Waals surface area contributed by atoms with Gasteiger partial charge in [0.15, 0.2) is 5.96 Å². The van der Waals surface area contributed by atoms with Crippen LogP contribution in [0.5, 0.6) is 0 Å². The first kappa shape index (κ1) is 18.8. The van der Waals surface area contributed by atoms with Crippen LogP contribution < -0.4 is 16.4 Å². The summed E-state index contributed by atoms with van der Waals surface area (Å²) in [5.41, 5.74) is 10.6. The van der Waals surface area contributed by atoms with E-state index >= 15 is 0 Å². The maximum atomic E-state index is 12.0. The van der Waals surface area contributed by atoms with Gasteiger partial charge in [-0.05, 0) is 61.7 Å². The Bertz CT molecular complexity index is 782. The number of hydrogen-bond donors (Lipinski definition) is 3. The maximum absolute atomic E-state index is 12.0. The van der Waals surface area contributed by atoms with E-state index in [-0.39, 0.29) is 18.3 Å². The Morgan fingerprint density at radius 1 is 1.12 bits per heavy atom. The quantitative estimate of drug-likeness (QED) is 0.557. The summed E-state index contributed by atoms with van der Waals surface area (Å²) in [6.07, 6.45) is 0.237. The average molecular weight is 359 g/mol. The summed E-state index contributed by atoms with van der Waals surface area (Å²) in [5.74, 6) is 0.157. The maximum Gasteiger partial charge on any atom is 0.226 e. The molecule has 0 aliphatic heterocycles. The Kier molecular flexibility index (Phi) is 6.42. The molecule has 0 bridgehead atoms. The van der Waals surface area contributed by atoms with E-state index in [2.05, 4.69) is 21.7 Å². The zero-order valence-electron chi connectivity index (χ0n) is 14.7. The fourth-order valence-electron chi connectivity index (χ4n) is 2.47. The van der Waals surface area contributed by atoms with Gasteiger partial charge in [0, 0.05) is 22.8 Å². The Morgan fingerprint density at radius 3 is 2.48 bits per heavy atom. The number of benzene rings is 2. The van der Waals surface area contributed by atoms with Gasteiger partial charge in [-0.1, -0.05) is 23.7 Å². The number of rotatable bonds is 5. The zero-order valence-corrected chi connectivity index (χ0v) is 15.4. The molecule has 0 fully saturated rings. The SMILES string of the molecule is Cc1cc(C)cc(NC(N)=NCCC(=O)Nc2cccc(Cl)c2C)c1. The first-order chi connectivity index (χ1) is 11.8. The molecule has 132 valence electrons. The van der Waals surface area contributed by atoms with Crippen molar-refractivity contribution in [2.75, 3.05) is 17.2 Å². The minimum Gasteiger partial charge on any atom is -0.370 e. The molecule has 0 heterocycles. The molecule has 0 aliphatic carbocycles. The smallest absolute Gasteiger partial charge is 0.226 e. The van der Waals surface area contributed by atoms with E-state index in [4.69, 9.17) is 17.3 Å². The molecular weight excluding hydrogens is 336 g/mol. The number of nitrogens with two attached hydrogens (primary N) is 1. The van der Waals surface area contributed by atoms with Gasteiger partial charge in [-0.15, -0.1) is 0 Å². The third-order valence-electron chi connectivity index (χ3n) is 3.66. The topological polar surface area (TPSA) is 79.5 Å². The van der Waals surface area contributed by atoms with Gasteiger partial charge in [0.2, 0.25) is 5.91 Å². The minimum atomic E-state index is -0.131. The Balaban J connectivity index is 1.86. The lowest BCUT2D eigenvalue weighted by atomic mass is 10.1. The fraction of sp³-hybridized carbons (Fsp3) is 0.263. The summed E-state index contributed by atoms with van der Waals surface area (Å²) >= 11 is 6.04. The van der Waals surface area contributed by atoms with E-state index in [0.29, 0.717) is 17.3 Å². The largest absolute Gasteiger partial charge is 0.370 e. The third kappa shape index (κ3) is 5.80. The van der Waals surface area contributed by atoms with E-state index in [9.17, 15) is 4.79 Å². The van der Waals surface area contributed by atoms with Crippen LogP contribution in [0.15, 0.2) is 41.4 Å². The number of halogens is 1. The second-order valence-corrected chi connectivity index (χ2v) is 6.39. The second kappa shape index (κ2) is 8.53. The summed E-state index contributed by atoms with van der Waals surface area (Å²) in [5, 5.41) is 6.50. The van der Waals surface area contributed by atoms with Crippen LogP contribution in [0, 0.1) is 20.8 Å². The molecule has 0 radical (unpaired) electrons. The van der Waals surface area contributed by atoms with Crippen LogP contribution in [-0.2, 0) is 4.79 Å². The molecule has 2 aromatic rings. The van der Waals surface area contributed by atoms with Gasteiger partial charge in [0.1, 0.15) is 0 Å². The lowest BCUT2D eigenvalue weighted by Crippen LogP contribution is -2.23. The van der Waals surface area contributed by atoms with Crippen molar-refractivity contribution in [3.05, 3.63) is 58.1 Å². The molecule has 0 aliphatic rings. The van der Waals surface area contributed by atoms with Crippen molar-refractivity contribution in [2.24, 2.45) is 10.7 Å². The minimum absolute atomic E-state index is 0.131. The summed E-state index contributed by atoms with van der Waals surface area (Å²) in [6.45, 7) is 6.21. The van der Waals surface area contributed by atoms with Crippen molar-refractivity contribution in [3.63, 3.8) is 0 Å². The van der Waals surface area contributed by atoms with Gasteiger partial charge in [-0.3, -0.25) is 9.79 Å². The standard InChI is InChI=1S/C19H23ClN4O/c1-12-9-13(2)11-15(10-12)23-19(21)22-8-7-18(25)24-17-6-4-5-16(20)14(17)3/h4-6,9-11H,7-8H2,1-3H3,(H,24,25)(H3,21,22,23). The zero-order chi connectivity index (χ0) is 18.4. The summed E-state index contributed by atoms with van der Waals surface area (Å²) in [4.78, 5) is 16.2. The predicted octanol–water partition coefficient (Wildman–Crippen LogP) is 4.02. The van der Waals surface area contributed by atoms with Crippen LogP contribution >= 0.6 is 11.6 Å². The third-order valence-corrected chi connectivity index (χ3v) is 4.07. The molecule has 2 rings (SSSR count). The molecule has 4 N–H and O–H groups in total. The number of amides is 1. The van der Waals surface area contributed by atoms with E-state index < -0.39 is 0 Å². The van der Waals surface area contributed by atoms with Crippen LogP contribution in [0.2, 0.25) is 5.02 Å². The number of carbonyl (C=O) groups is 1. The highest BCUT2D eigenvalue weighted by Gasteiger charge is 2.06. The summed E-state index contributed by atoms with van der Waals surface area (Å²) in [6, 6.07) is 11.5.